The van der Waals surface area contributed by atoms with Gasteiger partial charge in [0.2, 0.25) is 0 Å². The SMILES string of the molecule is O=C(c1ccc(F)c(F)c1)N1CCN(c2nc(-c3ccccc3)cs2)CC1. The molecular formula is C20H17F2N3OS. The van der Waals surface area contributed by atoms with Crippen LogP contribution in [-0.2, 0) is 0 Å². The van der Waals surface area contributed by atoms with E-state index in [9.17, 15) is 13.6 Å². The molecule has 0 radical (unpaired) electrons. The summed E-state index contributed by atoms with van der Waals surface area (Å²) < 4.78 is 26.4. The first-order valence-electron chi connectivity index (χ1n) is 8.62. The molecule has 0 atom stereocenters. The summed E-state index contributed by atoms with van der Waals surface area (Å²) in [6.07, 6.45) is 0. The summed E-state index contributed by atoms with van der Waals surface area (Å²) in [6, 6.07) is 13.2. The minimum atomic E-state index is -1.00. The number of carbonyl (C=O) groups excluding carboxylic acids is 1. The minimum Gasteiger partial charge on any atom is -0.345 e. The Morgan fingerprint density at radius 3 is 2.41 bits per heavy atom. The fraction of sp³-hybridized carbons (Fsp3) is 0.200. The molecule has 0 bridgehead atoms. The van der Waals surface area contributed by atoms with Crippen molar-refractivity contribution < 1.29 is 13.6 Å². The van der Waals surface area contributed by atoms with Crippen LogP contribution in [0.4, 0.5) is 13.9 Å². The molecule has 0 spiro atoms. The Morgan fingerprint density at radius 1 is 0.963 bits per heavy atom. The van der Waals surface area contributed by atoms with Gasteiger partial charge in [-0.3, -0.25) is 4.79 Å². The summed E-state index contributed by atoms with van der Waals surface area (Å²) in [6.45, 7) is 2.32. The number of carbonyl (C=O) groups is 1. The molecule has 0 unspecified atom stereocenters. The number of thiazole rings is 1. The molecule has 0 saturated carbocycles. The van der Waals surface area contributed by atoms with Crippen molar-refractivity contribution in [1.82, 2.24) is 9.88 Å². The molecule has 2 aromatic carbocycles. The smallest absolute Gasteiger partial charge is 0.254 e. The van der Waals surface area contributed by atoms with Crippen molar-refractivity contribution in [2.75, 3.05) is 31.1 Å². The molecule has 27 heavy (non-hydrogen) atoms. The first kappa shape index (κ1) is 17.6. The van der Waals surface area contributed by atoms with E-state index in [-0.39, 0.29) is 11.5 Å². The zero-order valence-electron chi connectivity index (χ0n) is 14.4. The summed E-state index contributed by atoms with van der Waals surface area (Å²) in [7, 11) is 0. The van der Waals surface area contributed by atoms with Gasteiger partial charge in [0.15, 0.2) is 16.8 Å². The quantitative estimate of drug-likeness (QED) is 0.683. The maximum Gasteiger partial charge on any atom is 0.254 e. The van der Waals surface area contributed by atoms with Crippen LogP contribution in [0.5, 0.6) is 0 Å². The monoisotopic (exact) mass is 385 g/mol. The number of hydrogen-bond acceptors (Lipinski definition) is 4. The van der Waals surface area contributed by atoms with Crippen LogP contribution in [0.15, 0.2) is 53.9 Å². The summed E-state index contributed by atoms with van der Waals surface area (Å²) in [5.74, 6) is -2.23. The maximum absolute atomic E-state index is 13.4. The third-order valence-electron chi connectivity index (χ3n) is 4.57. The standard InChI is InChI=1S/C20H17F2N3OS/c21-16-7-6-15(12-17(16)22)19(26)24-8-10-25(11-9-24)20-23-18(13-27-20)14-4-2-1-3-5-14/h1-7,12-13H,8-11H2. The Bertz CT molecular complexity index is 953. The van der Waals surface area contributed by atoms with E-state index in [1.807, 2.05) is 35.7 Å². The number of rotatable bonds is 3. The van der Waals surface area contributed by atoms with Crippen LogP contribution in [0, 0.1) is 11.6 Å². The number of aromatic nitrogens is 1. The average Bonchev–Trinajstić information content (AvgIpc) is 3.21. The van der Waals surface area contributed by atoms with Crippen molar-refractivity contribution in [3.8, 4) is 11.3 Å². The molecule has 4 rings (SSSR count). The number of amides is 1. The van der Waals surface area contributed by atoms with Crippen LogP contribution in [0.2, 0.25) is 0 Å². The zero-order chi connectivity index (χ0) is 18.8. The lowest BCUT2D eigenvalue weighted by atomic mass is 10.1. The molecule has 1 aromatic heterocycles. The molecule has 0 N–H and O–H groups in total. The van der Waals surface area contributed by atoms with Crippen molar-refractivity contribution in [3.05, 3.63) is 71.1 Å². The third-order valence-corrected chi connectivity index (χ3v) is 5.47. The largest absolute Gasteiger partial charge is 0.345 e. The molecule has 1 saturated heterocycles. The molecule has 138 valence electrons. The first-order chi connectivity index (χ1) is 13.1. The fourth-order valence-electron chi connectivity index (χ4n) is 3.06. The van der Waals surface area contributed by atoms with Gasteiger partial charge in [0.05, 0.1) is 5.69 Å². The van der Waals surface area contributed by atoms with E-state index >= 15 is 0 Å². The van der Waals surface area contributed by atoms with Crippen molar-refractivity contribution >= 4 is 22.4 Å². The molecule has 3 aromatic rings. The van der Waals surface area contributed by atoms with Crippen molar-refractivity contribution in [1.29, 1.82) is 0 Å². The van der Waals surface area contributed by atoms with Gasteiger partial charge in [0, 0.05) is 42.7 Å². The molecule has 7 heteroatoms. The predicted octanol–water partition coefficient (Wildman–Crippen LogP) is 4.05. The number of benzene rings is 2. The van der Waals surface area contributed by atoms with Gasteiger partial charge >= 0.3 is 0 Å². The van der Waals surface area contributed by atoms with Gasteiger partial charge < -0.3 is 9.80 Å². The van der Waals surface area contributed by atoms with Gasteiger partial charge in [-0.2, -0.15) is 0 Å². The van der Waals surface area contributed by atoms with Gasteiger partial charge in [-0.1, -0.05) is 30.3 Å². The maximum atomic E-state index is 13.4. The molecule has 2 heterocycles. The van der Waals surface area contributed by atoms with E-state index in [0.29, 0.717) is 26.2 Å². The average molecular weight is 385 g/mol. The molecule has 1 aliphatic rings. The minimum absolute atomic E-state index is 0.169. The Hall–Kier alpha value is -2.80. The third kappa shape index (κ3) is 3.68. The fourth-order valence-corrected chi connectivity index (χ4v) is 3.95. The van der Waals surface area contributed by atoms with Gasteiger partial charge in [-0.15, -0.1) is 11.3 Å². The lowest BCUT2D eigenvalue weighted by molar-refractivity contribution is 0.0746. The Balaban J connectivity index is 1.41. The second-order valence-corrected chi connectivity index (χ2v) is 7.13. The van der Waals surface area contributed by atoms with E-state index in [4.69, 9.17) is 4.98 Å². The van der Waals surface area contributed by atoms with Crippen molar-refractivity contribution in [3.63, 3.8) is 0 Å². The predicted molar refractivity (Wildman–Crippen MR) is 102 cm³/mol. The first-order valence-corrected chi connectivity index (χ1v) is 9.50. The van der Waals surface area contributed by atoms with E-state index in [1.54, 1.807) is 16.2 Å². The van der Waals surface area contributed by atoms with Crippen LogP contribution >= 0.6 is 11.3 Å². The van der Waals surface area contributed by atoms with Gasteiger partial charge in [-0.05, 0) is 18.2 Å². The molecule has 0 aliphatic carbocycles. The number of anilines is 1. The Labute approximate surface area is 159 Å². The normalized spacial score (nSPS) is 14.4. The lowest BCUT2D eigenvalue weighted by Crippen LogP contribution is -2.48. The van der Waals surface area contributed by atoms with E-state index < -0.39 is 11.6 Å². The lowest BCUT2D eigenvalue weighted by Gasteiger charge is -2.34. The van der Waals surface area contributed by atoms with Crippen LogP contribution in [0.1, 0.15) is 10.4 Å². The highest BCUT2D eigenvalue weighted by Gasteiger charge is 2.24. The van der Waals surface area contributed by atoms with E-state index in [1.165, 1.54) is 6.07 Å². The van der Waals surface area contributed by atoms with Gasteiger partial charge in [-0.25, -0.2) is 13.8 Å². The molecule has 1 aliphatic heterocycles. The van der Waals surface area contributed by atoms with Crippen molar-refractivity contribution in [2.24, 2.45) is 0 Å². The van der Waals surface area contributed by atoms with Crippen LogP contribution in [-0.4, -0.2) is 42.0 Å². The number of nitrogens with zero attached hydrogens (tertiary/aromatic N) is 3. The summed E-state index contributed by atoms with van der Waals surface area (Å²) >= 11 is 1.58. The highest BCUT2D eigenvalue weighted by Crippen LogP contribution is 2.28. The molecule has 1 fully saturated rings. The number of hydrogen-bond donors (Lipinski definition) is 0. The zero-order valence-corrected chi connectivity index (χ0v) is 15.3. The van der Waals surface area contributed by atoms with Crippen molar-refractivity contribution in [2.45, 2.75) is 0 Å². The Kier molecular flexibility index (Phi) is 4.85. The van der Waals surface area contributed by atoms with Gasteiger partial charge in [0.25, 0.3) is 5.91 Å². The van der Waals surface area contributed by atoms with E-state index in [0.717, 1.165) is 28.5 Å². The number of halogens is 2. The molecular weight excluding hydrogens is 368 g/mol. The molecule has 4 nitrogen and oxygen atoms in total. The summed E-state index contributed by atoms with van der Waals surface area (Å²) in [5, 5.41) is 2.96. The second-order valence-electron chi connectivity index (χ2n) is 6.29. The van der Waals surface area contributed by atoms with Crippen LogP contribution in [0.25, 0.3) is 11.3 Å². The van der Waals surface area contributed by atoms with Gasteiger partial charge in [0.1, 0.15) is 0 Å². The second kappa shape index (κ2) is 7.44. The van der Waals surface area contributed by atoms with Crippen LogP contribution in [0.3, 0.4) is 0 Å². The Morgan fingerprint density at radius 2 is 1.70 bits per heavy atom. The molecule has 1 amide bonds. The van der Waals surface area contributed by atoms with Crippen LogP contribution < -0.4 is 4.90 Å². The highest BCUT2D eigenvalue weighted by molar-refractivity contribution is 7.14. The summed E-state index contributed by atoms with van der Waals surface area (Å²) in [5.41, 5.74) is 2.19. The number of piperazine rings is 1. The van der Waals surface area contributed by atoms with E-state index in [2.05, 4.69) is 4.90 Å². The topological polar surface area (TPSA) is 36.4 Å². The highest BCUT2D eigenvalue weighted by atomic mass is 32.1. The summed E-state index contributed by atoms with van der Waals surface area (Å²) in [4.78, 5) is 21.0.